The van der Waals surface area contributed by atoms with Crippen LogP contribution in [-0.4, -0.2) is 40.9 Å². The molecule has 1 unspecified atom stereocenters. The molecule has 1 saturated carbocycles. The Labute approximate surface area is 182 Å². The van der Waals surface area contributed by atoms with E-state index in [1.165, 1.54) is 0 Å². The van der Waals surface area contributed by atoms with Gasteiger partial charge in [-0.1, -0.05) is 12.1 Å². The summed E-state index contributed by atoms with van der Waals surface area (Å²) in [6, 6.07) is 7.63. The summed E-state index contributed by atoms with van der Waals surface area (Å²) in [5, 5.41) is 16.4. The van der Waals surface area contributed by atoms with Gasteiger partial charge in [0.2, 0.25) is 5.91 Å². The lowest BCUT2D eigenvalue weighted by Gasteiger charge is -2.21. The number of benzene rings is 1. The van der Waals surface area contributed by atoms with Crippen LogP contribution in [0.1, 0.15) is 42.9 Å². The zero-order valence-corrected chi connectivity index (χ0v) is 18.0. The van der Waals surface area contributed by atoms with Crippen molar-refractivity contribution < 1.29 is 9.59 Å². The number of amides is 3. The van der Waals surface area contributed by atoms with E-state index in [2.05, 4.69) is 26.4 Å². The highest BCUT2D eigenvalue weighted by atomic mass is 35.5. The quantitative estimate of drug-likeness (QED) is 0.562. The van der Waals surface area contributed by atoms with Crippen molar-refractivity contribution in [3.63, 3.8) is 0 Å². The number of nitrogens with zero attached hydrogens (tertiary/aromatic N) is 2. The molecule has 1 aliphatic carbocycles. The minimum Gasteiger partial charge on any atom is -0.349 e. The van der Waals surface area contributed by atoms with Crippen LogP contribution in [0.2, 0.25) is 0 Å². The van der Waals surface area contributed by atoms with E-state index < -0.39 is 0 Å². The molecule has 2 fully saturated rings. The normalized spacial score (nSPS) is 21.4. The molecule has 2 heterocycles. The van der Waals surface area contributed by atoms with Crippen LogP contribution < -0.4 is 21.3 Å². The van der Waals surface area contributed by atoms with Crippen molar-refractivity contribution in [2.75, 3.05) is 18.4 Å². The first-order chi connectivity index (χ1) is 14.0. The van der Waals surface area contributed by atoms with Crippen LogP contribution in [0.4, 0.5) is 10.5 Å². The highest BCUT2D eigenvalue weighted by molar-refractivity contribution is 5.89. The lowest BCUT2D eigenvalue weighted by atomic mass is 9.90. The lowest BCUT2D eigenvalue weighted by Crippen LogP contribution is -2.36. The van der Waals surface area contributed by atoms with Crippen LogP contribution >= 0.6 is 12.4 Å². The highest BCUT2D eigenvalue weighted by Crippen LogP contribution is 2.29. The van der Waals surface area contributed by atoms with Crippen LogP contribution in [0.5, 0.6) is 0 Å². The Morgan fingerprint density at radius 2 is 1.93 bits per heavy atom. The number of carbonyl (C=O) groups is 2. The second kappa shape index (κ2) is 9.49. The summed E-state index contributed by atoms with van der Waals surface area (Å²) < 4.78 is 1.77. The topological polar surface area (TPSA) is 100 Å². The van der Waals surface area contributed by atoms with Gasteiger partial charge in [0.1, 0.15) is 0 Å². The van der Waals surface area contributed by atoms with Gasteiger partial charge < -0.3 is 21.3 Å². The van der Waals surface area contributed by atoms with Crippen LogP contribution in [0.15, 0.2) is 36.7 Å². The van der Waals surface area contributed by atoms with Gasteiger partial charge in [0.05, 0.1) is 18.2 Å². The number of aromatic nitrogens is 2. The first-order valence-electron chi connectivity index (χ1n) is 10.2. The minimum absolute atomic E-state index is 0. The van der Waals surface area contributed by atoms with E-state index in [0.717, 1.165) is 36.2 Å². The number of carbonyl (C=O) groups excluding carboxylic acids is 2. The van der Waals surface area contributed by atoms with Gasteiger partial charge in [-0.05, 0) is 43.0 Å². The Hall–Kier alpha value is -2.58. The molecule has 4 N–H and O–H groups in total. The molecule has 2 aromatic rings. The average Bonchev–Trinajstić information content (AvgIpc) is 3.18. The molecule has 0 radical (unpaired) electrons. The van der Waals surface area contributed by atoms with Crippen molar-refractivity contribution in [3.05, 3.63) is 47.8 Å². The van der Waals surface area contributed by atoms with Gasteiger partial charge in [0, 0.05) is 44.0 Å². The number of hydrogen-bond donors (Lipinski definition) is 4. The largest absolute Gasteiger partial charge is 0.349 e. The van der Waals surface area contributed by atoms with E-state index in [-0.39, 0.29) is 42.2 Å². The Kier molecular flexibility index (Phi) is 6.99. The number of urea groups is 1. The molecular weight excluding hydrogens is 404 g/mol. The van der Waals surface area contributed by atoms with Crippen molar-refractivity contribution in [2.24, 2.45) is 13.0 Å². The molecule has 1 aromatic carbocycles. The fourth-order valence-corrected chi connectivity index (χ4v) is 3.78. The molecule has 9 heteroatoms. The Bertz CT molecular complexity index is 880. The van der Waals surface area contributed by atoms with Gasteiger partial charge in [-0.2, -0.15) is 5.10 Å². The summed E-state index contributed by atoms with van der Waals surface area (Å²) in [4.78, 5) is 24.7. The summed E-state index contributed by atoms with van der Waals surface area (Å²) >= 11 is 0. The number of nitrogens with one attached hydrogen (secondary N) is 4. The van der Waals surface area contributed by atoms with E-state index in [1.54, 1.807) is 4.68 Å². The molecular formula is C21H29ClN6O2. The summed E-state index contributed by atoms with van der Waals surface area (Å²) in [5.74, 6) is 0.0588. The van der Waals surface area contributed by atoms with Crippen LogP contribution in [-0.2, 0) is 11.8 Å². The van der Waals surface area contributed by atoms with Gasteiger partial charge in [-0.15, -0.1) is 12.4 Å². The zero-order chi connectivity index (χ0) is 20.4. The fraction of sp³-hybridized carbons (Fsp3) is 0.476. The van der Waals surface area contributed by atoms with Gasteiger partial charge in [-0.3, -0.25) is 9.48 Å². The van der Waals surface area contributed by atoms with Crippen LogP contribution in [0.25, 0.3) is 0 Å². The van der Waals surface area contributed by atoms with Crippen LogP contribution in [0.3, 0.4) is 0 Å². The second-order valence-electron chi connectivity index (χ2n) is 8.04. The maximum absolute atomic E-state index is 12.9. The average molecular weight is 433 g/mol. The number of aryl methyl sites for hydroxylation is 1. The number of anilines is 1. The van der Waals surface area contributed by atoms with E-state index >= 15 is 0 Å². The number of halogens is 1. The van der Waals surface area contributed by atoms with E-state index in [4.69, 9.17) is 0 Å². The maximum Gasteiger partial charge on any atom is 0.319 e. The predicted octanol–water partition coefficient (Wildman–Crippen LogP) is 2.31. The molecule has 1 aromatic heterocycles. The first-order valence-corrected chi connectivity index (χ1v) is 10.2. The van der Waals surface area contributed by atoms with Crippen molar-refractivity contribution in [1.29, 1.82) is 0 Å². The van der Waals surface area contributed by atoms with Gasteiger partial charge in [0.25, 0.3) is 0 Å². The molecule has 8 nitrogen and oxygen atoms in total. The smallest absolute Gasteiger partial charge is 0.319 e. The highest BCUT2D eigenvalue weighted by Gasteiger charge is 2.35. The molecule has 3 amide bonds. The van der Waals surface area contributed by atoms with Gasteiger partial charge in [-0.25, -0.2) is 4.79 Å². The molecule has 162 valence electrons. The van der Waals surface area contributed by atoms with Crippen molar-refractivity contribution in [3.8, 4) is 0 Å². The molecule has 2 aliphatic rings. The molecule has 1 aliphatic heterocycles. The lowest BCUT2D eigenvalue weighted by molar-refractivity contribution is -0.125. The Morgan fingerprint density at radius 3 is 2.57 bits per heavy atom. The standard InChI is InChI=1S/C21H28N6O2.ClH/c1-13(14-3-5-16(6-4-14)25-21(29)26-17-7-8-17)24-20(28)19-11-22-10-18(19)15-9-23-27(2)12-15;/h3-6,9,12-13,17-19,22H,7-8,10-11H2,1-2H3,(H,24,28)(H2,25,26,29);1H/t13?,18-,19+;/m1./s1. The molecule has 3 atom stereocenters. The fourth-order valence-electron chi connectivity index (χ4n) is 3.78. The molecule has 4 rings (SSSR count). The predicted molar refractivity (Wildman–Crippen MR) is 118 cm³/mol. The summed E-state index contributed by atoms with van der Waals surface area (Å²) in [5.41, 5.74) is 2.82. The minimum atomic E-state index is -0.170. The third-order valence-electron chi connectivity index (χ3n) is 5.64. The second-order valence-corrected chi connectivity index (χ2v) is 8.04. The molecule has 0 bridgehead atoms. The van der Waals surface area contributed by atoms with Gasteiger partial charge in [0.15, 0.2) is 0 Å². The third kappa shape index (κ3) is 5.31. The number of hydrogen-bond acceptors (Lipinski definition) is 4. The van der Waals surface area contributed by atoms with Gasteiger partial charge >= 0.3 is 6.03 Å². The van der Waals surface area contributed by atoms with Crippen molar-refractivity contribution in [2.45, 2.75) is 37.8 Å². The summed E-state index contributed by atoms with van der Waals surface area (Å²) in [6.45, 7) is 3.42. The monoisotopic (exact) mass is 432 g/mol. The Morgan fingerprint density at radius 1 is 1.20 bits per heavy atom. The molecule has 0 spiro atoms. The molecule has 1 saturated heterocycles. The van der Waals surface area contributed by atoms with Crippen molar-refractivity contribution >= 4 is 30.0 Å². The first kappa shape index (κ1) is 22.1. The third-order valence-corrected chi connectivity index (χ3v) is 5.64. The van der Waals surface area contributed by atoms with E-state index in [1.807, 2.05) is 50.6 Å². The van der Waals surface area contributed by atoms with Crippen LogP contribution in [0, 0.1) is 5.92 Å². The van der Waals surface area contributed by atoms with Crippen molar-refractivity contribution in [1.82, 2.24) is 25.7 Å². The molecule has 30 heavy (non-hydrogen) atoms. The van der Waals surface area contributed by atoms with E-state index in [0.29, 0.717) is 12.6 Å². The summed E-state index contributed by atoms with van der Waals surface area (Å²) in [6.07, 6.45) is 5.93. The SMILES string of the molecule is CC(NC(=O)[C@H]1CNC[C@@H]1c1cnn(C)c1)c1ccc(NC(=O)NC2CC2)cc1.Cl. The Balaban J connectivity index is 0.00000256. The van der Waals surface area contributed by atoms with E-state index in [9.17, 15) is 9.59 Å². The maximum atomic E-state index is 12.9. The summed E-state index contributed by atoms with van der Waals surface area (Å²) in [7, 11) is 1.89. The zero-order valence-electron chi connectivity index (χ0n) is 17.2. The number of rotatable bonds is 6.